The molecule has 0 spiro atoms. The van der Waals surface area contributed by atoms with Crippen LogP contribution in [0.25, 0.3) is 0 Å². The first-order chi connectivity index (χ1) is 16.7. The van der Waals surface area contributed by atoms with Crippen LogP contribution in [0, 0.1) is 0 Å². The third-order valence-electron chi connectivity index (χ3n) is 6.49. The van der Waals surface area contributed by atoms with Crippen molar-refractivity contribution in [1.82, 2.24) is 10.2 Å². The number of carbonyl (C=O) groups is 1. The molecule has 0 radical (unpaired) electrons. The zero-order valence-corrected chi connectivity index (χ0v) is 19.2. The van der Waals surface area contributed by atoms with Crippen LogP contribution in [0.5, 0.6) is 11.5 Å². The number of carbonyl (C=O) groups excluding carboxylic acids is 1. The number of ether oxygens (including phenoxy) is 3. The van der Waals surface area contributed by atoms with Crippen LogP contribution < -0.4 is 14.8 Å². The van der Waals surface area contributed by atoms with Gasteiger partial charge in [0.2, 0.25) is 6.79 Å². The van der Waals surface area contributed by atoms with E-state index in [4.69, 9.17) is 14.2 Å². The minimum Gasteiger partial charge on any atom is -0.454 e. The fourth-order valence-electron chi connectivity index (χ4n) is 4.59. The molecule has 34 heavy (non-hydrogen) atoms. The van der Waals surface area contributed by atoms with Gasteiger partial charge in [0.05, 0.1) is 6.04 Å². The number of fused-ring (bicyclic) bond motifs is 1. The number of benzene rings is 3. The number of amides is 1. The molecule has 0 saturated carbocycles. The standard InChI is InChI=1S/C28H30N2O4/c31-28(29-27(22-7-3-1-4-8-22)23-9-5-2-6-10-23)34-24-14-17-30(18-15-24)16-13-21-11-12-25-26(19-21)33-20-32-25/h1-12,19,24,27H,13-18,20H2,(H,29,31). The van der Waals surface area contributed by atoms with E-state index in [1.807, 2.05) is 66.7 Å². The molecule has 6 nitrogen and oxygen atoms in total. The Morgan fingerprint density at radius 1 is 0.912 bits per heavy atom. The van der Waals surface area contributed by atoms with Crippen molar-refractivity contribution in [2.75, 3.05) is 26.4 Å². The summed E-state index contributed by atoms with van der Waals surface area (Å²) in [4.78, 5) is 15.2. The summed E-state index contributed by atoms with van der Waals surface area (Å²) in [6.07, 6.45) is 2.22. The molecule has 1 N–H and O–H groups in total. The molecule has 0 unspecified atom stereocenters. The van der Waals surface area contributed by atoms with E-state index in [0.29, 0.717) is 6.79 Å². The summed E-state index contributed by atoms with van der Waals surface area (Å²) < 4.78 is 16.7. The molecular formula is C28H30N2O4. The molecule has 2 aliphatic rings. The lowest BCUT2D eigenvalue weighted by atomic mass is 9.99. The minimum atomic E-state index is -0.364. The maximum absolute atomic E-state index is 12.8. The molecule has 1 saturated heterocycles. The van der Waals surface area contributed by atoms with E-state index in [1.54, 1.807) is 0 Å². The highest BCUT2D eigenvalue weighted by Gasteiger charge is 2.24. The third kappa shape index (κ3) is 5.51. The minimum absolute atomic E-state index is 0.0611. The predicted octanol–water partition coefficient (Wildman–Crippen LogP) is 4.94. The smallest absolute Gasteiger partial charge is 0.408 e. The highest BCUT2D eigenvalue weighted by molar-refractivity contribution is 5.69. The molecular weight excluding hydrogens is 428 g/mol. The molecule has 1 fully saturated rings. The van der Waals surface area contributed by atoms with Gasteiger partial charge in [-0.15, -0.1) is 0 Å². The number of nitrogens with zero attached hydrogens (tertiary/aromatic N) is 1. The van der Waals surface area contributed by atoms with Crippen LogP contribution in [0.4, 0.5) is 4.79 Å². The molecule has 5 rings (SSSR count). The number of hydrogen-bond donors (Lipinski definition) is 1. The molecule has 2 aliphatic heterocycles. The lowest BCUT2D eigenvalue weighted by Crippen LogP contribution is -2.41. The Labute approximate surface area is 200 Å². The summed E-state index contributed by atoms with van der Waals surface area (Å²) in [5, 5.41) is 3.08. The van der Waals surface area contributed by atoms with Crippen molar-refractivity contribution in [3.05, 3.63) is 95.6 Å². The second-order valence-corrected chi connectivity index (χ2v) is 8.78. The summed E-state index contributed by atoms with van der Waals surface area (Å²) in [6, 6.07) is 25.9. The van der Waals surface area contributed by atoms with Crippen LogP contribution in [0.3, 0.4) is 0 Å². The average Bonchev–Trinajstić information content (AvgIpc) is 3.36. The zero-order valence-electron chi connectivity index (χ0n) is 19.2. The molecule has 176 valence electrons. The van der Waals surface area contributed by atoms with Crippen LogP contribution in [0.1, 0.15) is 35.6 Å². The van der Waals surface area contributed by atoms with Gasteiger partial charge in [-0.3, -0.25) is 0 Å². The molecule has 1 amide bonds. The number of rotatable bonds is 7. The van der Waals surface area contributed by atoms with Gasteiger partial charge < -0.3 is 24.4 Å². The number of alkyl carbamates (subject to hydrolysis) is 1. The SMILES string of the molecule is O=C(NC(c1ccccc1)c1ccccc1)OC1CCN(CCc2ccc3c(c2)OCO3)CC1. The number of piperidine rings is 1. The molecule has 0 aromatic heterocycles. The Kier molecular flexibility index (Phi) is 6.96. The van der Waals surface area contributed by atoms with Gasteiger partial charge in [-0.05, 0) is 48.1 Å². The van der Waals surface area contributed by atoms with Crippen molar-refractivity contribution in [3.63, 3.8) is 0 Å². The fourth-order valence-corrected chi connectivity index (χ4v) is 4.59. The van der Waals surface area contributed by atoms with Crippen LogP contribution in [0.15, 0.2) is 78.9 Å². The molecule has 0 atom stereocenters. The van der Waals surface area contributed by atoms with Crippen molar-refractivity contribution < 1.29 is 19.0 Å². The molecule has 2 heterocycles. The molecule has 0 aliphatic carbocycles. The van der Waals surface area contributed by atoms with Crippen LogP contribution in [-0.2, 0) is 11.2 Å². The average molecular weight is 459 g/mol. The van der Waals surface area contributed by atoms with Gasteiger partial charge in [0.15, 0.2) is 11.5 Å². The Hall–Kier alpha value is -3.51. The summed E-state index contributed by atoms with van der Waals surface area (Å²) in [5.41, 5.74) is 3.31. The molecule has 6 heteroatoms. The van der Waals surface area contributed by atoms with Gasteiger partial charge in [0, 0.05) is 19.6 Å². The van der Waals surface area contributed by atoms with Crippen molar-refractivity contribution in [1.29, 1.82) is 0 Å². The topological polar surface area (TPSA) is 60.0 Å². The maximum atomic E-state index is 12.8. The van der Waals surface area contributed by atoms with Crippen molar-refractivity contribution in [2.24, 2.45) is 0 Å². The zero-order chi connectivity index (χ0) is 23.2. The highest BCUT2D eigenvalue weighted by Crippen LogP contribution is 2.32. The van der Waals surface area contributed by atoms with Crippen molar-refractivity contribution >= 4 is 6.09 Å². The Morgan fingerprint density at radius 2 is 1.56 bits per heavy atom. The second-order valence-electron chi connectivity index (χ2n) is 8.78. The van der Waals surface area contributed by atoms with Crippen LogP contribution in [-0.4, -0.2) is 43.5 Å². The monoisotopic (exact) mass is 458 g/mol. The first-order valence-electron chi connectivity index (χ1n) is 11.9. The van der Waals surface area contributed by atoms with Gasteiger partial charge in [-0.2, -0.15) is 0 Å². The summed E-state index contributed by atoms with van der Waals surface area (Å²) in [6.45, 7) is 3.12. The summed E-state index contributed by atoms with van der Waals surface area (Å²) in [5.74, 6) is 1.65. The van der Waals surface area contributed by atoms with E-state index < -0.39 is 0 Å². The van der Waals surface area contributed by atoms with E-state index in [1.165, 1.54) is 5.56 Å². The van der Waals surface area contributed by atoms with E-state index in [2.05, 4.69) is 22.3 Å². The van der Waals surface area contributed by atoms with Gasteiger partial charge >= 0.3 is 6.09 Å². The van der Waals surface area contributed by atoms with Gasteiger partial charge in [0.25, 0.3) is 0 Å². The van der Waals surface area contributed by atoms with E-state index in [-0.39, 0.29) is 18.2 Å². The van der Waals surface area contributed by atoms with E-state index in [0.717, 1.165) is 61.5 Å². The second kappa shape index (κ2) is 10.6. The Bertz CT molecular complexity index is 1040. The number of nitrogens with one attached hydrogen (secondary N) is 1. The van der Waals surface area contributed by atoms with E-state index in [9.17, 15) is 4.79 Å². The van der Waals surface area contributed by atoms with Gasteiger partial charge in [0.1, 0.15) is 6.10 Å². The Morgan fingerprint density at radius 3 is 2.24 bits per heavy atom. The molecule has 0 bridgehead atoms. The maximum Gasteiger partial charge on any atom is 0.408 e. The van der Waals surface area contributed by atoms with E-state index >= 15 is 0 Å². The molecule has 3 aromatic carbocycles. The normalized spacial score (nSPS) is 15.9. The summed E-state index contributed by atoms with van der Waals surface area (Å²) in [7, 11) is 0. The van der Waals surface area contributed by atoms with Crippen LogP contribution >= 0.6 is 0 Å². The first kappa shape index (κ1) is 22.3. The lowest BCUT2D eigenvalue weighted by Gasteiger charge is -2.32. The lowest BCUT2D eigenvalue weighted by molar-refractivity contribution is 0.0500. The largest absolute Gasteiger partial charge is 0.454 e. The summed E-state index contributed by atoms with van der Waals surface area (Å²) >= 11 is 0. The molecule has 3 aromatic rings. The van der Waals surface area contributed by atoms with Crippen molar-refractivity contribution in [2.45, 2.75) is 31.4 Å². The first-order valence-corrected chi connectivity index (χ1v) is 11.9. The Balaban J connectivity index is 1.10. The fraction of sp³-hybridized carbons (Fsp3) is 0.321. The number of hydrogen-bond acceptors (Lipinski definition) is 5. The van der Waals surface area contributed by atoms with Crippen molar-refractivity contribution in [3.8, 4) is 11.5 Å². The number of likely N-dealkylation sites (tertiary alicyclic amines) is 1. The van der Waals surface area contributed by atoms with Gasteiger partial charge in [-0.25, -0.2) is 4.79 Å². The third-order valence-corrected chi connectivity index (χ3v) is 6.49. The van der Waals surface area contributed by atoms with Crippen LogP contribution in [0.2, 0.25) is 0 Å². The highest BCUT2D eigenvalue weighted by atomic mass is 16.7. The predicted molar refractivity (Wildman–Crippen MR) is 130 cm³/mol. The van der Waals surface area contributed by atoms with Gasteiger partial charge in [-0.1, -0.05) is 66.7 Å². The quantitative estimate of drug-likeness (QED) is 0.544.